The Labute approximate surface area is 178 Å². The van der Waals surface area contributed by atoms with E-state index in [1.54, 1.807) is 18.4 Å². The van der Waals surface area contributed by atoms with Crippen LogP contribution in [0.5, 0.6) is 0 Å². The SMILES string of the molecule is N#Cc1ccc(C(=O)CCC2NC(c3ccco3)=C(C(=O)C3CCOCC3)S2)cn1. The van der Waals surface area contributed by atoms with Gasteiger partial charge in [-0.3, -0.25) is 9.59 Å². The zero-order valence-electron chi connectivity index (χ0n) is 16.3. The van der Waals surface area contributed by atoms with E-state index >= 15 is 0 Å². The van der Waals surface area contributed by atoms with E-state index in [9.17, 15) is 9.59 Å². The number of hydrogen-bond acceptors (Lipinski definition) is 8. The van der Waals surface area contributed by atoms with Crippen molar-refractivity contribution in [2.75, 3.05) is 13.2 Å². The predicted octanol–water partition coefficient (Wildman–Crippen LogP) is 3.54. The maximum absolute atomic E-state index is 13.2. The molecule has 0 bridgehead atoms. The summed E-state index contributed by atoms with van der Waals surface area (Å²) < 4.78 is 10.9. The van der Waals surface area contributed by atoms with E-state index in [4.69, 9.17) is 14.4 Å². The molecule has 0 saturated carbocycles. The van der Waals surface area contributed by atoms with Crippen molar-refractivity contribution in [1.82, 2.24) is 10.3 Å². The average Bonchev–Trinajstić information content (AvgIpc) is 3.47. The van der Waals surface area contributed by atoms with Crippen molar-refractivity contribution in [3.8, 4) is 6.07 Å². The molecule has 154 valence electrons. The smallest absolute Gasteiger partial charge is 0.174 e. The summed E-state index contributed by atoms with van der Waals surface area (Å²) in [4.78, 5) is 30.3. The number of ether oxygens (including phenoxy) is 1. The Kier molecular flexibility index (Phi) is 6.31. The first-order valence-corrected chi connectivity index (χ1v) is 10.8. The molecule has 4 rings (SSSR count). The third-order valence-electron chi connectivity index (χ3n) is 5.21. The van der Waals surface area contributed by atoms with Gasteiger partial charge in [0.05, 0.1) is 22.2 Å². The van der Waals surface area contributed by atoms with E-state index in [1.807, 2.05) is 12.1 Å². The summed E-state index contributed by atoms with van der Waals surface area (Å²) in [6.07, 6.45) is 5.33. The van der Waals surface area contributed by atoms with E-state index < -0.39 is 0 Å². The zero-order chi connectivity index (χ0) is 20.9. The van der Waals surface area contributed by atoms with Gasteiger partial charge >= 0.3 is 0 Å². The quantitative estimate of drug-likeness (QED) is 0.674. The fourth-order valence-corrected chi connectivity index (χ4v) is 4.81. The van der Waals surface area contributed by atoms with Crippen molar-refractivity contribution < 1.29 is 18.7 Å². The van der Waals surface area contributed by atoms with Crippen LogP contribution in [0.1, 0.15) is 47.5 Å². The lowest BCUT2D eigenvalue weighted by molar-refractivity contribution is -0.121. The molecular weight excluding hydrogens is 402 g/mol. The molecule has 4 heterocycles. The monoisotopic (exact) mass is 423 g/mol. The van der Waals surface area contributed by atoms with Crippen LogP contribution in [0, 0.1) is 17.2 Å². The Morgan fingerprint density at radius 2 is 2.10 bits per heavy atom. The predicted molar refractivity (Wildman–Crippen MR) is 111 cm³/mol. The van der Waals surface area contributed by atoms with E-state index in [1.165, 1.54) is 24.0 Å². The normalized spacial score (nSPS) is 19.4. The zero-order valence-corrected chi connectivity index (χ0v) is 17.1. The molecule has 1 atom stereocenters. The van der Waals surface area contributed by atoms with Crippen LogP contribution >= 0.6 is 11.8 Å². The van der Waals surface area contributed by atoms with Crippen LogP contribution in [-0.4, -0.2) is 35.1 Å². The maximum Gasteiger partial charge on any atom is 0.174 e. The number of rotatable bonds is 7. The van der Waals surface area contributed by atoms with Crippen LogP contribution in [0.3, 0.4) is 0 Å². The van der Waals surface area contributed by atoms with Crippen molar-refractivity contribution in [3.05, 3.63) is 58.6 Å². The van der Waals surface area contributed by atoms with Gasteiger partial charge in [0.1, 0.15) is 11.8 Å². The highest BCUT2D eigenvalue weighted by Crippen LogP contribution is 2.40. The second-order valence-electron chi connectivity index (χ2n) is 7.19. The fraction of sp³-hybridized carbons (Fsp3) is 0.364. The Bertz CT molecular complexity index is 986. The van der Waals surface area contributed by atoms with Crippen molar-refractivity contribution in [2.24, 2.45) is 5.92 Å². The molecule has 30 heavy (non-hydrogen) atoms. The van der Waals surface area contributed by atoms with Crippen molar-refractivity contribution in [2.45, 2.75) is 31.1 Å². The van der Waals surface area contributed by atoms with Gasteiger partial charge in [-0.15, -0.1) is 0 Å². The number of allylic oxidation sites excluding steroid dienone is 1. The summed E-state index contributed by atoms with van der Waals surface area (Å²) in [6, 6.07) is 8.72. The topological polar surface area (TPSA) is 105 Å². The average molecular weight is 423 g/mol. The van der Waals surface area contributed by atoms with Gasteiger partial charge in [0.2, 0.25) is 0 Å². The standard InChI is InChI=1S/C22H21N3O4S/c23-12-16-4-3-15(13-24-16)17(26)5-6-19-25-20(18-2-1-9-29-18)22(30-19)21(27)14-7-10-28-11-8-14/h1-4,9,13-14,19,25H,5-8,10-11H2. The largest absolute Gasteiger partial charge is 0.463 e. The van der Waals surface area contributed by atoms with Gasteiger partial charge in [0, 0.05) is 37.3 Å². The van der Waals surface area contributed by atoms with Gasteiger partial charge in [-0.05, 0) is 43.5 Å². The van der Waals surface area contributed by atoms with Crippen LogP contribution in [0.4, 0.5) is 0 Å². The first kappa shape index (κ1) is 20.4. The molecule has 2 aromatic rings. The summed E-state index contributed by atoms with van der Waals surface area (Å²) in [5, 5.41) is 12.1. The molecule has 2 aliphatic heterocycles. The molecule has 8 heteroatoms. The number of thioether (sulfide) groups is 1. The fourth-order valence-electron chi connectivity index (χ4n) is 3.55. The number of aromatic nitrogens is 1. The Morgan fingerprint density at radius 1 is 1.27 bits per heavy atom. The van der Waals surface area contributed by atoms with Crippen LogP contribution in [0.15, 0.2) is 46.0 Å². The van der Waals surface area contributed by atoms with Gasteiger partial charge in [-0.1, -0.05) is 11.8 Å². The Balaban J connectivity index is 1.43. The highest BCUT2D eigenvalue weighted by atomic mass is 32.2. The summed E-state index contributed by atoms with van der Waals surface area (Å²) in [7, 11) is 0. The Hall–Kier alpha value is -2.89. The summed E-state index contributed by atoms with van der Waals surface area (Å²) in [6.45, 7) is 1.21. The minimum absolute atomic E-state index is 0.0434. The molecule has 2 aromatic heterocycles. The molecule has 7 nitrogen and oxygen atoms in total. The Morgan fingerprint density at radius 3 is 2.77 bits per heavy atom. The lowest BCUT2D eigenvalue weighted by Gasteiger charge is -2.21. The van der Waals surface area contributed by atoms with E-state index in [-0.39, 0.29) is 28.6 Å². The number of hydrogen-bond donors (Lipinski definition) is 1. The number of pyridine rings is 1. The van der Waals surface area contributed by atoms with Crippen molar-refractivity contribution in [3.63, 3.8) is 0 Å². The first-order valence-electron chi connectivity index (χ1n) is 9.88. The van der Waals surface area contributed by atoms with Gasteiger partial charge in [-0.25, -0.2) is 4.98 Å². The first-order chi connectivity index (χ1) is 14.7. The van der Waals surface area contributed by atoms with E-state index in [2.05, 4.69) is 10.3 Å². The number of nitriles is 1. The number of carbonyl (C=O) groups is 2. The number of furan rings is 1. The summed E-state index contributed by atoms with van der Waals surface area (Å²) in [5.74, 6) is 0.659. The minimum atomic E-state index is -0.0980. The second-order valence-corrected chi connectivity index (χ2v) is 8.40. The second kappa shape index (κ2) is 9.28. The van der Waals surface area contributed by atoms with Gasteiger partial charge < -0.3 is 14.5 Å². The van der Waals surface area contributed by atoms with Crippen molar-refractivity contribution >= 4 is 29.0 Å². The van der Waals surface area contributed by atoms with E-state index in [0.717, 1.165) is 12.8 Å². The highest BCUT2D eigenvalue weighted by molar-refractivity contribution is 8.05. The molecule has 1 N–H and O–H groups in total. The van der Waals surface area contributed by atoms with Gasteiger partial charge in [-0.2, -0.15) is 5.26 Å². The van der Waals surface area contributed by atoms with Crippen molar-refractivity contribution in [1.29, 1.82) is 5.26 Å². The summed E-state index contributed by atoms with van der Waals surface area (Å²) >= 11 is 1.47. The summed E-state index contributed by atoms with van der Waals surface area (Å²) in [5.41, 5.74) is 1.47. The van der Waals surface area contributed by atoms with Crippen LogP contribution in [0.2, 0.25) is 0 Å². The molecule has 1 fully saturated rings. The van der Waals surface area contributed by atoms with Crippen LogP contribution < -0.4 is 5.32 Å². The number of nitrogens with one attached hydrogen (secondary N) is 1. The third kappa shape index (κ3) is 4.48. The maximum atomic E-state index is 13.2. The number of nitrogens with zero attached hydrogens (tertiary/aromatic N) is 2. The molecule has 0 radical (unpaired) electrons. The minimum Gasteiger partial charge on any atom is -0.463 e. The van der Waals surface area contributed by atoms with Gasteiger partial charge in [0.15, 0.2) is 17.3 Å². The lowest BCUT2D eigenvalue weighted by atomic mass is 9.94. The molecule has 0 amide bonds. The molecular formula is C22H21N3O4S. The van der Waals surface area contributed by atoms with Crippen LogP contribution in [-0.2, 0) is 9.53 Å². The highest BCUT2D eigenvalue weighted by Gasteiger charge is 2.35. The molecule has 0 aliphatic carbocycles. The molecule has 0 aromatic carbocycles. The molecule has 1 saturated heterocycles. The number of ketones is 2. The number of carbonyl (C=O) groups excluding carboxylic acids is 2. The molecule has 2 aliphatic rings. The van der Waals surface area contributed by atoms with E-state index in [0.29, 0.717) is 48.0 Å². The third-order valence-corrected chi connectivity index (χ3v) is 6.49. The van der Waals surface area contributed by atoms with Crippen LogP contribution in [0.25, 0.3) is 5.70 Å². The molecule has 0 spiro atoms. The van der Waals surface area contributed by atoms with Gasteiger partial charge in [0.25, 0.3) is 0 Å². The number of Topliss-reactive ketones (excluding diaryl/α,β-unsaturated/α-hetero) is 2. The lowest BCUT2D eigenvalue weighted by Crippen LogP contribution is -2.24. The molecule has 1 unspecified atom stereocenters.